The van der Waals surface area contributed by atoms with Gasteiger partial charge in [0.2, 0.25) is 5.13 Å². The van der Waals surface area contributed by atoms with Crippen molar-refractivity contribution in [1.29, 1.82) is 0 Å². The summed E-state index contributed by atoms with van der Waals surface area (Å²) >= 11 is 3.34. The molecule has 0 saturated carbocycles. The molecule has 1 aromatic heterocycles. The molecular formula is C18H19N3S2. The van der Waals surface area contributed by atoms with E-state index >= 15 is 0 Å². The van der Waals surface area contributed by atoms with E-state index in [4.69, 9.17) is 0 Å². The van der Waals surface area contributed by atoms with Crippen molar-refractivity contribution < 1.29 is 0 Å². The zero-order valence-corrected chi connectivity index (χ0v) is 14.9. The van der Waals surface area contributed by atoms with E-state index < -0.39 is 0 Å². The topological polar surface area (TPSA) is 37.8 Å². The van der Waals surface area contributed by atoms with Crippen LogP contribution in [-0.4, -0.2) is 10.2 Å². The number of aromatic nitrogens is 2. The third-order valence-corrected chi connectivity index (χ3v) is 5.54. The predicted molar refractivity (Wildman–Crippen MR) is 99.2 cm³/mol. The number of rotatable bonds is 6. The summed E-state index contributed by atoms with van der Waals surface area (Å²) in [6.45, 7) is 4.98. The van der Waals surface area contributed by atoms with Gasteiger partial charge in [-0.15, -0.1) is 10.2 Å². The minimum absolute atomic E-state index is 0.775. The van der Waals surface area contributed by atoms with E-state index in [1.54, 1.807) is 23.1 Å². The second-order valence-electron chi connectivity index (χ2n) is 5.49. The van der Waals surface area contributed by atoms with Gasteiger partial charge in [0.05, 0.1) is 0 Å². The monoisotopic (exact) mass is 341 g/mol. The second kappa shape index (κ2) is 7.62. The Morgan fingerprint density at radius 3 is 2.13 bits per heavy atom. The van der Waals surface area contributed by atoms with Crippen molar-refractivity contribution in [2.75, 3.05) is 5.32 Å². The Morgan fingerprint density at radius 1 is 0.870 bits per heavy atom. The first-order valence-corrected chi connectivity index (χ1v) is 9.30. The molecule has 1 N–H and O–H groups in total. The number of benzene rings is 2. The van der Waals surface area contributed by atoms with E-state index in [0.29, 0.717) is 0 Å². The molecule has 0 saturated heterocycles. The summed E-state index contributed by atoms with van der Waals surface area (Å²) in [6, 6.07) is 17.1. The fourth-order valence-electron chi connectivity index (χ4n) is 2.05. The van der Waals surface area contributed by atoms with Crippen LogP contribution in [0.15, 0.2) is 52.9 Å². The molecule has 0 aliphatic heterocycles. The number of aryl methyl sites for hydroxylation is 2. The van der Waals surface area contributed by atoms with Crippen LogP contribution in [0.5, 0.6) is 0 Å². The number of thioether (sulfide) groups is 1. The smallest absolute Gasteiger partial charge is 0.206 e. The van der Waals surface area contributed by atoms with Gasteiger partial charge in [-0.25, -0.2) is 0 Å². The van der Waals surface area contributed by atoms with E-state index in [1.165, 1.54) is 22.3 Å². The molecule has 3 rings (SSSR count). The highest BCUT2D eigenvalue weighted by Gasteiger charge is 2.05. The van der Waals surface area contributed by atoms with Crippen molar-refractivity contribution in [1.82, 2.24) is 10.2 Å². The molecule has 5 heteroatoms. The predicted octanol–water partition coefficient (Wildman–Crippen LogP) is 5.06. The van der Waals surface area contributed by atoms with Crippen molar-refractivity contribution in [2.45, 2.75) is 30.5 Å². The number of nitrogens with one attached hydrogen (secondary N) is 1. The quantitative estimate of drug-likeness (QED) is 0.636. The normalized spacial score (nSPS) is 10.7. The lowest BCUT2D eigenvalue weighted by Gasteiger charge is -2.02. The summed E-state index contributed by atoms with van der Waals surface area (Å²) in [6.07, 6.45) is 0. The van der Waals surface area contributed by atoms with Crippen molar-refractivity contribution in [3.05, 3.63) is 70.8 Å². The maximum Gasteiger partial charge on any atom is 0.206 e. The summed E-state index contributed by atoms with van der Waals surface area (Å²) in [5.41, 5.74) is 5.13. The molecular weight excluding hydrogens is 322 g/mol. The van der Waals surface area contributed by atoms with Gasteiger partial charge in [-0.2, -0.15) is 0 Å². The summed E-state index contributed by atoms with van der Waals surface area (Å²) < 4.78 is 0.997. The zero-order chi connectivity index (χ0) is 16.1. The van der Waals surface area contributed by atoms with Gasteiger partial charge in [0, 0.05) is 12.3 Å². The Hall–Kier alpha value is -1.85. The molecule has 0 spiro atoms. The summed E-state index contributed by atoms with van der Waals surface area (Å²) in [5.74, 6) is 0.923. The van der Waals surface area contributed by atoms with Gasteiger partial charge in [-0.1, -0.05) is 82.8 Å². The Labute approximate surface area is 145 Å². The highest BCUT2D eigenvalue weighted by Crippen LogP contribution is 2.28. The molecule has 0 unspecified atom stereocenters. The van der Waals surface area contributed by atoms with Gasteiger partial charge >= 0.3 is 0 Å². The van der Waals surface area contributed by atoms with E-state index in [-0.39, 0.29) is 0 Å². The van der Waals surface area contributed by atoms with Crippen LogP contribution in [0.2, 0.25) is 0 Å². The summed E-state index contributed by atoms with van der Waals surface area (Å²) in [5, 5.41) is 12.7. The van der Waals surface area contributed by atoms with Gasteiger partial charge in [-0.05, 0) is 25.0 Å². The fourth-order valence-corrected chi connectivity index (χ4v) is 3.76. The van der Waals surface area contributed by atoms with Crippen LogP contribution < -0.4 is 5.32 Å². The Kier molecular flexibility index (Phi) is 5.31. The minimum atomic E-state index is 0.775. The first-order valence-electron chi connectivity index (χ1n) is 7.50. The van der Waals surface area contributed by atoms with Crippen LogP contribution in [-0.2, 0) is 12.3 Å². The average molecular weight is 342 g/mol. The van der Waals surface area contributed by atoms with Crippen molar-refractivity contribution in [2.24, 2.45) is 0 Å². The van der Waals surface area contributed by atoms with Gasteiger partial charge in [0.1, 0.15) is 0 Å². The Morgan fingerprint density at radius 2 is 1.48 bits per heavy atom. The maximum absolute atomic E-state index is 4.24. The Balaban J connectivity index is 1.51. The average Bonchev–Trinajstić information content (AvgIpc) is 3.02. The van der Waals surface area contributed by atoms with Crippen LogP contribution in [0.3, 0.4) is 0 Å². The molecule has 0 amide bonds. The number of hydrogen-bond donors (Lipinski definition) is 1. The minimum Gasteiger partial charge on any atom is -0.356 e. The number of hydrogen-bond acceptors (Lipinski definition) is 5. The lowest BCUT2D eigenvalue weighted by molar-refractivity contribution is 0.995. The van der Waals surface area contributed by atoms with E-state index in [2.05, 4.69) is 77.9 Å². The van der Waals surface area contributed by atoms with Crippen LogP contribution in [0, 0.1) is 13.8 Å². The first kappa shape index (κ1) is 16.0. The highest BCUT2D eigenvalue weighted by atomic mass is 32.2. The maximum atomic E-state index is 4.24. The van der Waals surface area contributed by atoms with E-state index in [0.717, 1.165) is 21.8 Å². The first-order chi connectivity index (χ1) is 11.2. The van der Waals surface area contributed by atoms with Gasteiger partial charge < -0.3 is 5.32 Å². The van der Waals surface area contributed by atoms with Crippen molar-refractivity contribution in [3.63, 3.8) is 0 Å². The molecule has 3 nitrogen and oxygen atoms in total. The zero-order valence-electron chi connectivity index (χ0n) is 13.2. The van der Waals surface area contributed by atoms with Crippen LogP contribution >= 0.6 is 23.1 Å². The molecule has 23 heavy (non-hydrogen) atoms. The van der Waals surface area contributed by atoms with E-state index in [1.807, 2.05) is 0 Å². The second-order valence-corrected chi connectivity index (χ2v) is 7.69. The van der Waals surface area contributed by atoms with Gasteiger partial charge in [-0.3, -0.25) is 0 Å². The number of anilines is 1. The standard InChI is InChI=1S/C18H19N3S2/c1-13-3-7-15(8-4-13)11-19-17-20-21-18(23-17)22-12-16-9-5-14(2)6-10-16/h3-10H,11-12H2,1-2H3,(H,19,20). The van der Waals surface area contributed by atoms with Crippen molar-refractivity contribution >= 4 is 28.2 Å². The Bertz CT molecular complexity index is 685. The lowest BCUT2D eigenvalue weighted by atomic mass is 10.1. The molecule has 0 aliphatic rings. The SMILES string of the molecule is Cc1ccc(CNc2nnc(SCc3ccc(C)cc3)s2)cc1. The largest absolute Gasteiger partial charge is 0.356 e. The molecule has 1 heterocycles. The molecule has 0 aliphatic carbocycles. The fraction of sp³-hybridized carbons (Fsp3) is 0.222. The van der Waals surface area contributed by atoms with E-state index in [9.17, 15) is 0 Å². The highest BCUT2D eigenvalue weighted by molar-refractivity contribution is 8.00. The van der Waals surface area contributed by atoms with Crippen molar-refractivity contribution in [3.8, 4) is 0 Å². The molecule has 0 bridgehead atoms. The van der Waals surface area contributed by atoms with Crippen LogP contribution in [0.4, 0.5) is 5.13 Å². The lowest BCUT2D eigenvalue weighted by Crippen LogP contribution is -1.98. The van der Waals surface area contributed by atoms with Gasteiger partial charge in [0.25, 0.3) is 0 Å². The molecule has 3 aromatic rings. The number of nitrogens with zero attached hydrogens (tertiary/aromatic N) is 2. The summed E-state index contributed by atoms with van der Waals surface area (Å²) in [7, 11) is 0. The van der Waals surface area contributed by atoms with Crippen LogP contribution in [0.1, 0.15) is 22.3 Å². The third kappa shape index (κ3) is 4.81. The third-order valence-electron chi connectivity index (χ3n) is 3.45. The van der Waals surface area contributed by atoms with Gasteiger partial charge in [0.15, 0.2) is 4.34 Å². The molecule has 2 aromatic carbocycles. The molecule has 0 atom stereocenters. The molecule has 0 radical (unpaired) electrons. The molecule has 0 fully saturated rings. The van der Waals surface area contributed by atoms with Crippen LogP contribution in [0.25, 0.3) is 0 Å². The summed E-state index contributed by atoms with van der Waals surface area (Å²) in [4.78, 5) is 0. The molecule has 118 valence electrons.